The van der Waals surface area contributed by atoms with Crippen LogP contribution in [-0.2, 0) is 4.79 Å². The van der Waals surface area contributed by atoms with E-state index in [1.54, 1.807) is 6.92 Å². The van der Waals surface area contributed by atoms with Crippen LogP contribution in [-0.4, -0.2) is 30.3 Å². The number of carbonyl (C=O) groups is 1. The zero-order valence-electron chi connectivity index (χ0n) is 8.35. The average Bonchev–Trinajstić information content (AvgIpc) is 2.24. The molecule has 1 heterocycles. The van der Waals surface area contributed by atoms with E-state index in [-0.39, 0.29) is 11.5 Å². The Kier molecular flexibility index (Phi) is 1.32. The molecule has 1 aliphatic carbocycles. The molecule has 0 bridgehead atoms. The number of likely N-dealkylation sites (tertiary alicyclic amines) is 1. The van der Waals surface area contributed by atoms with Crippen molar-refractivity contribution in [2.24, 2.45) is 10.8 Å². The van der Waals surface area contributed by atoms with Gasteiger partial charge in [-0.2, -0.15) is 0 Å². The molecule has 0 aromatic rings. The van der Waals surface area contributed by atoms with Crippen molar-refractivity contribution < 1.29 is 4.79 Å². The Morgan fingerprint density at radius 1 is 1.50 bits per heavy atom. The molecule has 0 aromatic carbocycles. The largest absolute Gasteiger partial charge is 0.298 e. The molecule has 0 amide bonds. The lowest BCUT2D eigenvalue weighted by molar-refractivity contribution is -0.122. The van der Waals surface area contributed by atoms with Crippen molar-refractivity contribution in [1.29, 1.82) is 0 Å². The second-order valence-electron chi connectivity index (χ2n) is 5.08. The summed E-state index contributed by atoms with van der Waals surface area (Å²) in [6, 6.07) is 0.183. The van der Waals surface area contributed by atoms with Crippen LogP contribution in [0.15, 0.2) is 0 Å². The maximum Gasteiger partial charge on any atom is 0.147 e. The Morgan fingerprint density at radius 2 is 2.08 bits per heavy atom. The normalized spacial score (nSPS) is 52.2. The van der Waals surface area contributed by atoms with Crippen LogP contribution >= 0.6 is 0 Å². The van der Waals surface area contributed by atoms with E-state index < -0.39 is 0 Å². The Morgan fingerprint density at radius 3 is 2.33 bits per heavy atom. The van der Waals surface area contributed by atoms with E-state index in [9.17, 15) is 4.79 Å². The number of Topliss-reactive ketones (excluding diaryl/α,β-unsaturated/α-hetero) is 1. The second kappa shape index (κ2) is 1.92. The quantitative estimate of drug-likeness (QED) is 0.587. The number of hydrogen-bond acceptors (Lipinski definition) is 2. The van der Waals surface area contributed by atoms with Gasteiger partial charge in [0.05, 0.1) is 6.04 Å². The first-order valence-corrected chi connectivity index (χ1v) is 4.61. The summed E-state index contributed by atoms with van der Waals surface area (Å²) in [7, 11) is 2.06. The fourth-order valence-corrected chi connectivity index (χ4v) is 3.32. The molecule has 1 saturated carbocycles. The molecule has 0 spiro atoms. The summed E-state index contributed by atoms with van der Waals surface area (Å²) in [5.74, 6) is 0.334. The number of carbonyl (C=O) groups excluding carboxylic acids is 1. The van der Waals surface area contributed by atoms with Crippen molar-refractivity contribution in [1.82, 2.24) is 4.90 Å². The minimum absolute atomic E-state index is 0.183. The molecular weight excluding hydrogens is 150 g/mol. The van der Waals surface area contributed by atoms with Crippen molar-refractivity contribution in [3.63, 3.8) is 0 Å². The second-order valence-corrected chi connectivity index (χ2v) is 5.08. The Bertz CT molecular complexity index is 250. The van der Waals surface area contributed by atoms with Gasteiger partial charge in [-0.25, -0.2) is 0 Å². The van der Waals surface area contributed by atoms with Gasteiger partial charge < -0.3 is 0 Å². The molecule has 0 aromatic heterocycles. The third-order valence-corrected chi connectivity index (χ3v) is 4.04. The summed E-state index contributed by atoms with van der Waals surface area (Å²) in [6.45, 7) is 7.36. The van der Waals surface area contributed by atoms with Crippen molar-refractivity contribution in [3.05, 3.63) is 0 Å². The van der Waals surface area contributed by atoms with Gasteiger partial charge >= 0.3 is 0 Å². The molecular formula is C10H17NO. The zero-order valence-corrected chi connectivity index (χ0v) is 8.35. The van der Waals surface area contributed by atoms with E-state index in [2.05, 4.69) is 25.8 Å². The standard InChI is InChI=1S/C10H17NO/c1-7(12)8-10(3)5-9(10,2)6-11(8)4/h8H,5-6H2,1-4H3/t8?,9-,10?/m1/s1. The van der Waals surface area contributed by atoms with Crippen LogP contribution in [0.3, 0.4) is 0 Å². The van der Waals surface area contributed by atoms with E-state index in [1.165, 1.54) is 6.42 Å². The number of likely N-dealkylation sites (N-methyl/N-ethyl adjacent to an activating group) is 1. The molecule has 2 aliphatic rings. The van der Waals surface area contributed by atoms with Gasteiger partial charge in [-0.05, 0) is 31.2 Å². The Labute approximate surface area is 73.9 Å². The van der Waals surface area contributed by atoms with Crippen LogP contribution in [0, 0.1) is 10.8 Å². The third kappa shape index (κ3) is 0.717. The van der Waals surface area contributed by atoms with Crippen LogP contribution in [0.1, 0.15) is 27.2 Å². The van der Waals surface area contributed by atoms with Crippen LogP contribution in [0.4, 0.5) is 0 Å². The number of ketones is 1. The van der Waals surface area contributed by atoms with E-state index >= 15 is 0 Å². The van der Waals surface area contributed by atoms with Crippen LogP contribution < -0.4 is 0 Å². The molecule has 2 unspecified atom stereocenters. The summed E-state index contributed by atoms with van der Waals surface area (Å²) in [5, 5.41) is 0. The molecule has 0 N–H and O–H groups in total. The molecule has 12 heavy (non-hydrogen) atoms. The van der Waals surface area contributed by atoms with E-state index in [4.69, 9.17) is 0 Å². The van der Waals surface area contributed by atoms with Crippen LogP contribution in [0.5, 0.6) is 0 Å². The molecule has 2 rings (SSSR count). The molecule has 0 radical (unpaired) electrons. The van der Waals surface area contributed by atoms with E-state index in [0.717, 1.165) is 6.54 Å². The van der Waals surface area contributed by atoms with Crippen LogP contribution in [0.25, 0.3) is 0 Å². The number of fused-ring (bicyclic) bond motifs is 1. The molecule has 3 atom stereocenters. The Hall–Kier alpha value is -0.370. The van der Waals surface area contributed by atoms with Gasteiger partial charge in [0.1, 0.15) is 5.78 Å². The SMILES string of the molecule is CC(=O)C1N(C)C[C@@]2(C)CC12C. The van der Waals surface area contributed by atoms with Crippen LogP contribution in [0.2, 0.25) is 0 Å². The smallest absolute Gasteiger partial charge is 0.147 e. The minimum atomic E-state index is 0.183. The fourth-order valence-electron chi connectivity index (χ4n) is 3.32. The maximum absolute atomic E-state index is 11.4. The monoisotopic (exact) mass is 167 g/mol. The minimum Gasteiger partial charge on any atom is -0.298 e. The number of piperidine rings is 1. The van der Waals surface area contributed by atoms with Gasteiger partial charge in [0.25, 0.3) is 0 Å². The third-order valence-electron chi connectivity index (χ3n) is 4.04. The van der Waals surface area contributed by atoms with Gasteiger partial charge in [-0.3, -0.25) is 9.69 Å². The van der Waals surface area contributed by atoms with Crippen molar-refractivity contribution in [3.8, 4) is 0 Å². The number of rotatable bonds is 1. The summed E-state index contributed by atoms with van der Waals surface area (Å²) >= 11 is 0. The molecule has 1 saturated heterocycles. The first kappa shape index (κ1) is 8.24. The highest BCUT2D eigenvalue weighted by Gasteiger charge is 2.71. The summed E-state index contributed by atoms with van der Waals surface area (Å²) in [4.78, 5) is 13.6. The predicted octanol–water partition coefficient (Wildman–Crippen LogP) is 1.31. The molecule has 2 heteroatoms. The van der Waals surface area contributed by atoms with Gasteiger partial charge in [0.2, 0.25) is 0 Å². The molecule has 2 fully saturated rings. The van der Waals surface area contributed by atoms with Gasteiger partial charge in [-0.1, -0.05) is 13.8 Å². The van der Waals surface area contributed by atoms with Crippen molar-refractivity contribution in [2.45, 2.75) is 33.2 Å². The summed E-state index contributed by atoms with van der Waals surface area (Å²) in [6.07, 6.45) is 1.23. The molecule has 2 nitrogen and oxygen atoms in total. The first-order chi connectivity index (χ1) is 5.41. The number of hydrogen-bond donors (Lipinski definition) is 0. The first-order valence-electron chi connectivity index (χ1n) is 4.61. The van der Waals surface area contributed by atoms with E-state index in [0.29, 0.717) is 11.2 Å². The van der Waals surface area contributed by atoms with Gasteiger partial charge in [0.15, 0.2) is 0 Å². The predicted molar refractivity (Wildman–Crippen MR) is 47.9 cm³/mol. The Balaban J connectivity index is 2.30. The molecule has 1 aliphatic heterocycles. The van der Waals surface area contributed by atoms with Gasteiger partial charge in [0, 0.05) is 6.54 Å². The van der Waals surface area contributed by atoms with E-state index in [1.807, 2.05) is 0 Å². The number of nitrogens with zero attached hydrogens (tertiary/aromatic N) is 1. The van der Waals surface area contributed by atoms with Gasteiger partial charge in [-0.15, -0.1) is 0 Å². The summed E-state index contributed by atoms with van der Waals surface area (Å²) < 4.78 is 0. The average molecular weight is 167 g/mol. The lowest BCUT2D eigenvalue weighted by Crippen LogP contribution is -2.38. The van der Waals surface area contributed by atoms with Crippen molar-refractivity contribution >= 4 is 5.78 Å². The van der Waals surface area contributed by atoms with Crippen molar-refractivity contribution in [2.75, 3.05) is 13.6 Å². The highest BCUT2D eigenvalue weighted by atomic mass is 16.1. The zero-order chi connectivity index (χ0) is 9.15. The fraction of sp³-hybridized carbons (Fsp3) is 0.900. The maximum atomic E-state index is 11.4. The lowest BCUT2D eigenvalue weighted by atomic mass is 9.91. The lowest BCUT2D eigenvalue weighted by Gasteiger charge is -2.24. The highest BCUT2D eigenvalue weighted by Crippen LogP contribution is 2.70. The molecule has 68 valence electrons. The topological polar surface area (TPSA) is 20.3 Å². The summed E-state index contributed by atoms with van der Waals surface area (Å²) in [5.41, 5.74) is 0.714. The highest BCUT2D eigenvalue weighted by molar-refractivity contribution is 5.84.